The van der Waals surface area contributed by atoms with Crippen molar-refractivity contribution in [1.82, 2.24) is 9.80 Å². The van der Waals surface area contributed by atoms with Crippen molar-refractivity contribution in [3.8, 4) is 5.75 Å². The molecule has 1 aliphatic heterocycles. The van der Waals surface area contributed by atoms with Gasteiger partial charge in [-0.3, -0.25) is 9.59 Å². The Morgan fingerprint density at radius 2 is 1.65 bits per heavy atom. The third kappa shape index (κ3) is 3.39. The van der Waals surface area contributed by atoms with E-state index in [4.69, 9.17) is 4.42 Å². The van der Waals surface area contributed by atoms with Crippen LogP contribution in [0, 0.1) is 0 Å². The molecular weight excluding hydrogens is 364 g/mol. The lowest BCUT2D eigenvalue weighted by Gasteiger charge is -2.34. The number of carbonyl (C=O) groups excluding carboxylic acids is 2. The number of amides is 2. The Kier molecular flexibility index (Phi) is 4.38. The minimum absolute atomic E-state index is 0.0630. The van der Waals surface area contributed by atoms with Gasteiger partial charge in [-0.25, -0.2) is 0 Å². The number of hydrogen-bond donors (Lipinski definition) is 1. The van der Waals surface area contributed by atoms with Gasteiger partial charge in [-0.05, 0) is 46.3 Å². The summed E-state index contributed by atoms with van der Waals surface area (Å²) in [5.74, 6) is 0.0200. The lowest BCUT2D eigenvalue weighted by Crippen LogP contribution is -2.50. The zero-order valence-electron chi connectivity index (χ0n) is 12.2. The van der Waals surface area contributed by atoms with Gasteiger partial charge in [0.2, 0.25) is 0 Å². The quantitative estimate of drug-likeness (QED) is 0.870. The Hall–Kier alpha value is -2.28. The van der Waals surface area contributed by atoms with Crippen molar-refractivity contribution < 1.29 is 19.1 Å². The molecule has 0 spiro atoms. The predicted molar refractivity (Wildman–Crippen MR) is 86.3 cm³/mol. The van der Waals surface area contributed by atoms with Gasteiger partial charge in [-0.2, -0.15) is 0 Å². The molecule has 1 aromatic heterocycles. The fourth-order valence-corrected chi connectivity index (χ4v) is 2.83. The Morgan fingerprint density at radius 3 is 2.22 bits per heavy atom. The molecule has 3 rings (SSSR count). The lowest BCUT2D eigenvalue weighted by molar-refractivity contribution is 0.0517. The van der Waals surface area contributed by atoms with Crippen LogP contribution in [0.3, 0.4) is 0 Å². The van der Waals surface area contributed by atoms with Crippen molar-refractivity contribution in [1.29, 1.82) is 0 Å². The highest BCUT2D eigenvalue weighted by atomic mass is 79.9. The number of phenolic OH excluding ortho intramolecular Hbond substituents is 1. The van der Waals surface area contributed by atoms with E-state index in [1.165, 1.54) is 12.1 Å². The van der Waals surface area contributed by atoms with Gasteiger partial charge in [-0.15, -0.1) is 0 Å². The molecule has 23 heavy (non-hydrogen) atoms. The molecule has 2 heterocycles. The van der Waals surface area contributed by atoms with E-state index >= 15 is 0 Å². The van der Waals surface area contributed by atoms with Crippen molar-refractivity contribution in [2.45, 2.75) is 0 Å². The summed E-state index contributed by atoms with van der Waals surface area (Å²) in [5.41, 5.74) is 0.444. The number of aromatic hydroxyl groups is 1. The van der Waals surface area contributed by atoms with Crippen molar-refractivity contribution in [2.75, 3.05) is 26.2 Å². The molecular formula is C16H15BrN2O4. The van der Waals surface area contributed by atoms with Gasteiger partial charge in [0.1, 0.15) is 5.75 Å². The third-order valence-corrected chi connectivity index (χ3v) is 4.16. The van der Waals surface area contributed by atoms with Gasteiger partial charge in [0.05, 0.1) is 0 Å². The number of nitrogens with zero attached hydrogens (tertiary/aromatic N) is 2. The number of rotatable bonds is 2. The van der Waals surface area contributed by atoms with E-state index < -0.39 is 0 Å². The number of benzene rings is 1. The van der Waals surface area contributed by atoms with Crippen LogP contribution in [-0.2, 0) is 0 Å². The molecule has 6 nitrogen and oxygen atoms in total. The SMILES string of the molecule is O=C(c1cccc(O)c1)N1CCN(C(=O)c2ccc(Br)o2)CC1. The monoisotopic (exact) mass is 378 g/mol. The van der Waals surface area contributed by atoms with Crippen LogP contribution in [0.1, 0.15) is 20.9 Å². The molecule has 0 aliphatic carbocycles. The summed E-state index contributed by atoms with van der Waals surface area (Å²) in [6.07, 6.45) is 0. The second kappa shape index (κ2) is 6.45. The zero-order valence-corrected chi connectivity index (χ0v) is 13.8. The van der Waals surface area contributed by atoms with E-state index in [0.29, 0.717) is 36.4 Å². The van der Waals surface area contributed by atoms with Crippen LogP contribution in [0.5, 0.6) is 5.75 Å². The van der Waals surface area contributed by atoms with Crippen molar-refractivity contribution in [3.05, 3.63) is 52.4 Å². The number of carbonyl (C=O) groups is 2. The standard InChI is InChI=1S/C16H15BrN2O4/c17-14-5-4-13(23-14)16(22)19-8-6-18(7-9-19)15(21)11-2-1-3-12(20)10-11/h1-5,10,20H,6-9H2. The molecule has 1 saturated heterocycles. The molecule has 0 atom stereocenters. The van der Waals surface area contributed by atoms with Crippen molar-refractivity contribution in [3.63, 3.8) is 0 Å². The largest absolute Gasteiger partial charge is 0.508 e. The Labute approximate surface area is 141 Å². The van der Waals surface area contributed by atoms with Crippen LogP contribution in [0.15, 0.2) is 45.5 Å². The Morgan fingerprint density at radius 1 is 1.00 bits per heavy atom. The third-order valence-electron chi connectivity index (χ3n) is 3.73. The van der Waals surface area contributed by atoms with Gasteiger partial charge in [0.15, 0.2) is 10.4 Å². The van der Waals surface area contributed by atoms with Crippen LogP contribution >= 0.6 is 15.9 Å². The fraction of sp³-hybridized carbons (Fsp3) is 0.250. The average molecular weight is 379 g/mol. The van der Waals surface area contributed by atoms with Gasteiger partial charge in [0.25, 0.3) is 11.8 Å². The van der Waals surface area contributed by atoms with Gasteiger partial charge in [-0.1, -0.05) is 6.07 Å². The molecule has 1 aliphatic rings. The van der Waals surface area contributed by atoms with Crippen molar-refractivity contribution >= 4 is 27.7 Å². The number of phenols is 1. The normalized spacial score (nSPS) is 14.8. The number of piperazine rings is 1. The molecule has 0 saturated carbocycles. The molecule has 1 aromatic carbocycles. The van der Waals surface area contributed by atoms with E-state index in [0.717, 1.165) is 0 Å². The Bertz CT molecular complexity index is 735. The maximum Gasteiger partial charge on any atom is 0.289 e. The summed E-state index contributed by atoms with van der Waals surface area (Å²) < 4.78 is 5.78. The molecule has 0 unspecified atom stereocenters. The minimum Gasteiger partial charge on any atom is -0.508 e. The molecule has 7 heteroatoms. The van der Waals surface area contributed by atoms with Crippen molar-refractivity contribution in [2.24, 2.45) is 0 Å². The molecule has 120 valence electrons. The van der Waals surface area contributed by atoms with Crippen LogP contribution in [0.2, 0.25) is 0 Å². The van der Waals surface area contributed by atoms with Gasteiger partial charge < -0.3 is 19.3 Å². The van der Waals surface area contributed by atoms with Crippen LogP contribution in [0.4, 0.5) is 0 Å². The number of furan rings is 1. The fourth-order valence-electron chi connectivity index (χ4n) is 2.52. The summed E-state index contributed by atoms with van der Waals surface area (Å²) in [7, 11) is 0. The second-order valence-corrected chi connectivity index (χ2v) is 6.02. The van der Waals surface area contributed by atoms with E-state index in [2.05, 4.69) is 15.9 Å². The molecule has 0 bridgehead atoms. The highest BCUT2D eigenvalue weighted by Gasteiger charge is 2.26. The predicted octanol–water partition coefficient (Wildman–Crippen LogP) is 2.35. The lowest BCUT2D eigenvalue weighted by atomic mass is 10.1. The van der Waals surface area contributed by atoms with Gasteiger partial charge >= 0.3 is 0 Å². The maximum absolute atomic E-state index is 12.4. The van der Waals surface area contributed by atoms with E-state index in [9.17, 15) is 14.7 Å². The van der Waals surface area contributed by atoms with Gasteiger partial charge in [0, 0.05) is 31.7 Å². The topological polar surface area (TPSA) is 74.0 Å². The molecule has 1 N–H and O–H groups in total. The summed E-state index contributed by atoms with van der Waals surface area (Å²) >= 11 is 3.17. The van der Waals surface area contributed by atoms with E-state index in [1.807, 2.05) is 0 Å². The summed E-state index contributed by atoms with van der Waals surface area (Å²) in [6.45, 7) is 1.79. The Balaban J connectivity index is 1.62. The molecule has 1 fully saturated rings. The summed E-state index contributed by atoms with van der Waals surface area (Å²) in [6, 6.07) is 9.57. The summed E-state index contributed by atoms with van der Waals surface area (Å²) in [5, 5.41) is 9.47. The molecule has 2 amide bonds. The molecule has 0 radical (unpaired) electrons. The number of hydrogen-bond acceptors (Lipinski definition) is 4. The van der Waals surface area contributed by atoms with Crippen LogP contribution in [0.25, 0.3) is 0 Å². The van der Waals surface area contributed by atoms with Crippen LogP contribution < -0.4 is 0 Å². The smallest absolute Gasteiger partial charge is 0.289 e. The summed E-state index contributed by atoms with van der Waals surface area (Å²) in [4.78, 5) is 28.0. The van der Waals surface area contributed by atoms with E-state index in [-0.39, 0.29) is 23.3 Å². The molecule has 2 aromatic rings. The van der Waals surface area contributed by atoms with Crippen LogP contribution in [-0.4, -0.2) is 52.9 Å². The average Bonchev–Trinajstić information content (AvgIpc) is 3.00. The zero-order chi connectivity index (χ0) is 16.4. The highest BCUT2D eigenvalue weighted by molar-refractivity contribution is 9.10. The second-order valence-electron chi connectivity index (χ2n) is 5.24. The minimum atomic E-state index is -0.180. The first kappa shape index (κ1) is 15.6. The first-order valence-electron chi connectivity index (χ1n) is 7.17. The first-order chi connectivity index (χ1) is 11.0. The first-order valence-corrected chi connectivity index (χ1v) is 7.97. The van der Waals surface area contributed by atoms with E-state index in [1.54, 1.807) is 34.1 Å². The number of halogens is 1. The maximum atomic E-state index is 12.4. The highest BCUT2D eigenvalue weighted by Crippen LogP contribution is 2.18.